The first-order chi connectivity index (χ1) is 8.19. The molecule has 0 spiro atoms. The first kappa shape index (κ1) is 13.7. The summed E-state index contributed by atoms with van der Waals surface area (Å²) in [6.07, 6.45) is 6.22. The average Bonchev–Trinajstić information content (AvgIpc) is 2.32. The molecule has 17 heavy (non-hydrogen) atoms. The zero-order chi connectivity index (χ0) is 12.7. The van der Waals surface area contributed by atoms with Gasteiger partial charge in [0.1, 0.15) is 0 Å². The molecule has 0 radical (unpaired) electrons. The van der Waals surface area contributed by atoms with Crippen LogP contribution in [-0.4, -0.2) is 22.1 Å². The highest BCUT2D eigenvalue weighted by atomic mass is 16.1. The van der Waals surface area contributed by atoms with E-state index >= 15 is 0 Å². The Hall–Kier alpha value is -1.36. The highest BCUT2D eigenvalue weighted by Gasteiger charge is 2.07. The van der Waals surface area contributed by atoms with Crippen molar-refractivity contribution in [3.05, 3.63) is 22.7 Å². The van der Waals surface area contributed by atoms with Crippen molar-refractivity contribution < 1.29 is 0 Å². The summed E-state index contributed by atoms with van der Waals surface area (Å²) in [7, 11) is 0. The van der Waals surface area contributed by atoms with Crippen LogP contribution >= 0.6 is 0 Å². The summed E-state index contributed by atoms with van der Waals surface area (Å²) in [5.74, 6) is 0.436. The van der Waals surface area contributed by atoms with Crippen LogP contribution in [0.25, 0.3) is 0 Å². The fourth-order valence-corrected chi connectivity index (χ4v) is 1.69. The Morgan fingerprint density at radius 1 is 1.59 bits per heavy atom. The first-order valence-electron chi connectivity index (χ1n) is 6.21. The van der Waals surface area contributed by atoms with E-state index in [0.29, 0.717) is 12.4 Å². The van der Waals surface area contributed by atoms with Crippen LogP contribution in [0.3, 0.4) is 0 Å². The lowest BCUT2D eigenvalue weighted by molar-refractivity contribution is 0.635. The molecule has 3 N–H and O–H groups in total. The molecule has 0 fully saturated rings. The van der Waals surface area contributed by atoms with Crippen LogP contribution in [0.5, 0.6) is 0 Å². The molecule has 0 saturated carbocycles. The summed E-state index contributed by atoms with van der Waals surface area (Å²) in [4.78, 5) is 16.1. The van der Waals surface area contributed by atoms with Crippen LogP contribution in [-0.2, 0) is 6.54 Å². The summed E-state index contributed by atoms with van der Waals surface area (Å²) in [6.45, 7) is 5.49. The molecule has 5 heteroatoms. The van der Waals surface area contributed by atoms with Gasteiger partial charge in [-0.2, -0.15) is 0 Å². The monoisotopic (exact) mass is 238 g/mol. The molecule has 0 aliphatic rings. The van der Waals surface area contributed by atoms with Crippen LogP contribution in [0.1, 0.15) is 33.1 Å². The van der Waals surface area contributed by atoms with Gasteiger partial charge in [-0.1, -0.05) is 6.92 Å². The number of hydrogen-bond acceptors (Lipinski definition) is 4. The van der Waals surface area contributed by atoms with E-state index in [-0.39, 0.29) is 11.6 Å². The van der Waals surface area contributed by atoms with E-state index in [4.69, 9.17) is 5.73 Å². The first-order valence-corrected chi connectivity index (χ1v) is 6.21. The Kier molecular flexibility index (Phi) is 5.69. The van der Waals surface area contributed by atoms with Gasteiger partial charge in [-0.05, 0) is 32.7 Å². The largest absolute Gasteiger partial charge is 0.363 e. The summed E-state index contributed by atoms with van der Waals surface area (Å²) < 4.78 is 1.69. The van der Waals surface area contributed by atoms with Crippen LogP contribution < -0.4 is 16.6 Å². The Bertz CT molecular complexity index is 388. The maximum atomic E-state index is 12.0. The maximum Gasteiger partial charge on any atom is 0.293 e. The van der Waals surface area contributed by atoms with E-state index in [1.807, 2.05) is 13.8 Å². The molecule has 0 bridgehead atoms. The number of nitrogens with zero attached hydrogens (tertiary/aromatic N) is 2. The fraction of sp³-hybridized carbons (Fsp3) is 0.667. The Labute approximate surface area is 102 Å². The molecular weight excluding hydrogens is 216 g/mol. The highest BCUT2D eigenvalue weighted by Crippen LogP contribution is 2.02. The van der Waals surface area contributed by atoms with Crippen molar-refractivity contribution in [1.29, 1.82) is 0 Å². The third-order valence-corrected chi connectivity index (χ3v) is 2.60. The van der Waals surface area contributed by atoms with Gasteiger partial charge < -0.3 is 15.6 Å². The van der Waals surface area contributed by atoms with Crippen LogP contribution in [0, 0.1) is 0 Å². The Balaban J connectivity index is 2.70. The van der Waals surface area contributed by atoms with Gasteiger partial charge in [0.25, 0.3) is 5.56 Å². The highest BCUT2D eigenvalue weighted by molar-refractivity contribution is 5.31. The van der Waals surface area contributed by atoms with Crippen LogP contribution in [0.4, 0.5) is 5.82 Å². The van der Waals surface area contributed by atoms with E-state index in [1.165, 1.54) is 0 Å². The SMILES string of the molecule is CCCn1ccnc(NC(C)CCCN)c1=O. The van der Waals surface area contributed by atoms with Crippen molar-refractivity contribution in [3.63, 3.8) is 0 Å². The molecule has 1 atom stereocenters. The predicted octanol–water partition coefficient (Wildman–Crippen LogP) is 1.19. The smallest absolute Gasteiger partial charge is 0.293 e. The lowest BCUT2D eigenvalue weighted by Crippen LogP contribution is -2.28. The number of aryl methyl sites for hydroxylation is 1. The standard InChI is InChI=1S/C12H22N4O/c1-3-8-16-9-7-14-11(12(16)17)15-10(2)5-4-6-13/h7,9-10H,3-6,8,13H2,1-2H3,(H,14,15). The molecule has 96 valence electrons. The lowest BCUT2D eigenvalue weighted by atomic mass is 10.2. The van der Waals surface area contributed by atoms with Crippen molar-refractivity contribution in [2.75, 3.05) is 11.9 Å². The molecule has 0 aliphatic carbocycles. The molecular formula is C12H22N4O. The van der Waals surface area contributed by atoms with E-state index in [9.17, 15) is 4.79 Å². The molecule has 5 nitrogen and oxygen atoms in total. The van der Waals surface area contributed by atoms with Crippen molar-refractivity contribution in [2.45, 2.75) is 45.7 Å². The second kappa shape index (κ2) is 7.06. The molecule has 0 saturated heterocycles. The molecule has 1 aromatic heterocycles. The van der Waals surface area contributed by atoms with Gasteiger partial charge in [-0.3, -0.25) is 4.79 Å². The third kappa shape index (κ3) is 4.19. The third-order valence-electron chi connectivity index (χ3n) is 2.60. The number of nitrogens with two attached hydrogens (primary N) is 1. The van der Waals surface area contributed by atoms with Gasteiger partial charge in [-0.25, -0.2) is 4.98 Å². The van der Waals surface area contributed by atoms with Crippen LogP contribution in [0.15, 0.2) is 17.2 Å². The minimum atomic E-state index is -0.0473. The van der Waals surface area contributed by atoms with Gasteiger partial charge in [0.05, 0.1) is 0 Å². The second-order valence-corrected chi connectivity index (χ2v) is 4.25. The van der Waals surface area contributed by atoms with E-state index in [1.54, 1.807) is 17.0 Å². The number of hydrogen-bond donors (Lipinski definition) is 2. The summed E-state index contributed by atoms with van der Waals surface area (Å²) in [6, 6.07) is 0.219. The summed E-state index contributed by atoms with van der Waals surface area (Å²) in [5.41, 5.74) is 5.41. The van der Waals surface area contributed by atoms with Gasteiger partial charge in [-0.15, -0.1) is 0 Å². The number of rotatable bonds is 7. The van der Waals surface area contributed by atoms with Crippen molar-refractivity contribution in [1.82, 2.24) is 9.55 Å². The lowest BCUT2D eigenvalue weighted by Gasteiger charge is -2.14. The molecule has 0 aliphatic heterocycles. The normalized spacial score (nSPS) is 12.4. The number of aromatic nitrogens is 2. The minimum absolute atomic E-state index is 0.0473. The van der Waals surface area contributed by atoms with Gasteiger partial charge in [0, 0.05) is 25.0 Å². The summed E-state index contributed by atoms with van der Waals surface area (Å²) in [5, 5.41) is 3.14. The Morgan fingerprint density at radius 2 is 2.35 bits per heavy atom. The minimum Gasteiger partial charge on any atom is -0.363 e. The summed E-state index contributed by atoms with van der Waals surface area (Å²) >= 11 is 0. The van der Waals surface area contributed by atoms with E-state index < -0.39 is 0 Å². The Morgan fingerprint density at radius 3 is 3.00 bits per heavy atom. The van der Waals surface area contributed by atoms with Gasteiger partial charge >= 0.3 is 0 Å². The fourth-order valence-electron chi connectivity index (χ4n) is 1.69. The number of nitrogens with one attached hydrogen (secondary N) is 1. The molecule has 0 amide bonds. The number of anilines is 1. The van der Waals surface area contributed by atoms with Crippen LogP contribution in [0.2, 0.25) is 0 Å². The maximum absolute atomic E-state index is 12.0. The zero-order valence-corrected chi connectivity index (χ0v) is 10.6. The molecule has 1 heterocycles. The molecule has 0 aromatic carbocycles. The average molecular weight is 238 g/mol. The topological polar surface area (TPSA) is 72.9 Å². The van der Waals surface area contributed by atoms with Crippen molar-refractivity contribution >= 4 is 5.82 Å². The predicted molar refractivity (Wildman–Crippen MR) is 70.2 cm³/mol. The zero-order valence-electron chi connectivity index (χ0n) is 10.6. The van der Waals surface area contributed by atoms with Gasteiger partial charge in [0.2, 0.25) is 0 Å². The quantitative estimate of drug-likeness (QED) is 0.748. The van der Waals surface area contributed by atoms with E-state index in [0.717, 1.165) is 25.8 Å². The molecule has 1 unspecified atom stereocenters. The molecule has 1 rings (SSSR count). The van der Waals surface area contributed by atoms with Crippen molar-refractivity contribution in [2.24, 2.45) is 5.73 Å². The van der Waals surface area contributed by atoms with Crippen molar-refractivity contribution in [3.8, 4) is 0 Å². The van der Waals surface area contributed by atoms with Gasteiger partial charge in [0.15, 0.2) is 5.82 Å². The van der Waals surface area contributed by atoms with E-state index in [2.05, 4.69) is 10.3 Å². The second-order valence-electron chi connectivity index (χ2n) is 4.25. The molecule has 1 aromatic rings.